The van der Waals surface area contributed by atoms with Crippen molar-refractivity contribution in [3.63, 3.8) is 0 Å². The van der Waals surface area contributed by atoms with E-state index in [-0.39, 0.29) is 12.1 Å². The normalized spacial score (nSPS) is 13.6. The van der Waals surface area contributed by atoms with Crippen LogP contribution in [0, 0.1) is 5.41 Å². The standard InChI is InChI=1S/C17H21N9O5S2/c1-21-24-17(19)14-10(11-3-2-4-12-15(11)23-26-22-12)5-6-13(16(14)32(20,28)29)33(30,31)25-9(7-18)8-27/h2-6,9,19,25,27H,7-8,18H2,1H3,(H2,20,28,29)(H,22,23,26)/t9-/m1/s1. The maximum absolute atomic E-state index is 13.0. The van der Waals surface area contributed by atoms with Gasteiger partial charge in [-0.25, -0.2) is 26.7 Å². The van der Waals surface area contributed by atoms with Crippen molar-refractivity contribution in [1.82, 2.24) is 20.1 Å². The van der Waals surface area contributed by atoms with E-state index in [1.54, 1.807) is 18.2 Å². The van der Waals surface area contributed by atoms with Gasteiger partial charge in [0.05, 0.1) is 12.6 Å². The highest BCUT2D eigenvalue weighted by Gasteiger charge is 2.33. The number of para-hydroxylation sites is 1. The summed E-state index contributed by atoms with van der Waals surface area (Å²) in [7, 11) is -8.02. The maximum atomic E-state index is 13.0. The van der Waals surface area contributed by atoms with Crippen LogP contribution in [0.25, 0.3) is 22.2 Å². The van der Waals surface area contributed by atoms with Gasteiger partial charge < -0.3 is 10.8 Å². The molecule has 8 N–H and O–H groups in total. The van der Waals surface area contributed by atoms with Gasteiger partial charge in [-0.3, -0.25) is 5.41 Å². The lowest BCUT2D eigenvalue weighted by atomic mass is 9.97. The van der Waals surface area contributed by atoms with Crippen molar-refractivity contribution < 1.29 is 21.9 Å². The summed E-state index contributed by atoms with van der Waals surface area (Å²) in [6, 6.07) is 6.13. The number of azo groups is 1. The Morgan fingerprint density at radius 1 is 1.21 bits per heavy atom. The largest absolute Gasteiger partial charge is 0.395 e. The van der Waals surface area contributed by atoms with Crippen molar-refractivity contribution in [2.24, 2.45) is 21.1 Å². The minimum Gasteiger partial charge on any atom is -0.395 e. The maximum Gasteiger partial charge on any atom is 0.242 e. The molecule has 0 spiro atoms. The number of aliphatic hydroxyl groups excluding tert-OH is 1. The summed E-state index contributed by atoms with van der Waals surface area (Å²) in [6.45, 7) is -0.876. The molecule has 0 aliphatic rings. The van der Waals surface area contributed by atoms with Gasteiger partial charge in [0.2, 0.25) is 20.0 Å². The second-order valence-electron chi connectivity index (χ2n) is 6.74. The number of aromatic amines is 1. The molecule has 0 unspecified atom stereocenters. The van der Waals surface area contributed by atoms with Crippen LogP contribution in [-0.4, -0.2) is 69.4 Å². The van der Waals surface area contributed by atoms with E-state index in [9.17, 15) is 21.9 Å². The Hall–Kier alpha value is -3.15. The molecule has 2 aromatic carbocycles. The first kappa shape index (κ1) is 24.5. The second-order valence-corrected chi connectivity index (χ2v) is 9.92. The third kappa shape index (κ3) is 4.80. The average molecular weight is 496 g/mol. The number of nitrogens with zero attached hydrogens (tertiary/aromatic N) is 4. The molecule has 176 valence electrons. The number of sulfonamides is 2. The molecule has 0 amide bonds. The number of nitrogens with two attached hydrogens (primary N) is 2. The Morgan fingerprint density at radius 3 is 2.55 bits per heavy atom. The third-order valence-corrected chi connectivity index (χ3v) is 7.28. The molecule has 14 nitrogen and oxygen atoms in total. The molecule has 0 radical (unpaired) electrons. The summed E-state index contributed by atoms with van der Waals surface area (Å²) in [5, 5.41) is 40.7. The predicted octanol–water partition coefficient (Wildman–Crippen LogP) is -0.722. The van der Waals surface area contributed by atoms with Gasteiger partial charge in [0, 0.05) is 24.7 Å². The summed E-state index contributed by atoms with van der Waals surface area (Å²) < 4.78 is 53.5. The van der Waals surface area contributed by atoms with Crippen molar-refractivity contribution in [1.29, 1.82) is 5.41 Å². The first-order chi connectivity index (χ1) is 15.5. The third-order valence-electron chi connectivity index (χ3n) is 4.60. The van der Waals surface area contributed by atoms with Crippen LogP contribution in [0.15, 0.2) is 50.4 Å². The van der Waals surface area contributed by atoms with Crippen molar-refractivity contribution in [2.45, 2.75) is 15.8 Å². The van der Waals surface area contributed by atoms with Crippen LogP contribution in [0.1, 0.15) is 5.56 Å². The van der Waals surface area contributed by atoms with E-state index in [1.165, 1.54) is 13.1 Å². The van der Waals surface area contributed by atoms with Crippen LogP contribution < -0.4 is 15.6 Å². The molecule has 33 heavy (non-hydrogen) atoms. The van der Waals surface area contributed by atoms with Gasteiger partial charge in [-0.15, -0.1) is 5.11 Å². The Kier molecular flexibility index (Phi) is 6.96. The molecule has 0 aliphatic carbocycles. The molecule has 16 heteroatoms. The summed E-state index contributed by atoms with van der Waals surface area (Å²) in [5.41, 5.74) is 6.32. The van der Waals surface area contributed by atoms with Gasteiger partial charge in [-0.2, -0.15) is 20.5 Å². The van der Waals surface area contributed by atoms with Crippen molar-refractivity contribution in [2.75, 3.05) is 20.2 Å². The minimum absolute atomic E-state index is 0.118. The molecule has 0 fully saturated rings. The van der Waals surface area contributed by atoms with Crippen LogP contribution >= 0.6 is 0 Å². The van der Waals surface area contributed by atoms with Crippen LogP contribution in [-0.2, 0) is 20.0 Å². The monoisotopic (exact) mass is 495 g/mol. The number of rotatable bonds is 8. The van der Waals surface area contributed by atoms with Gasteiger partial charge in [-0.05, 0) is 17.7 Å². The highest BCUT2D eigenvalue weighted by Crippen LogP contribution is 2.36. The first-order valence-corrected chi connectivity index (χ1v) is 12.3. The molecular formula is C17H21N9O5S2. The highest BCUT2D eigenvalue weighted by atomic mass is 32.2. The van der Waals surface area contributed by atoms with Gasteiger partial charge in [-0.1, -0.05) is 18.2 Å². The van der Waals surface area contributed by atoms with E-state index in [4.69, 9.17) is 16.3 Å². The van der Waals surface area contributed by atoms with Crippen LogP contribution in [0.4, 0.5) is 0 Å². The highest BCUT2D eigenvalue weighted by molar-refractivity contribution is 7.92. The van der Waals surface area contributed by atoms with Crippen molar-refractivity contribution in [3.8, 4) is 11.1 Å². The van der Waals surface area contributed by atoms with Crippen molar-refractivity contribution in [3.05, 3.63) is 35.9 Å². The van der Waals surface area contributed by atoms with Crippen LogP contribution in [0.3, 0.4) is 0 Å². The number of amidine groups is 1. The van der Waals surface area contributed by atoms with Crippen LogP contribution in [0.2, 0.25) is 0 Å². The summed E-state index contributed by atoms with van der Waals surface area (Å²) in [5.74, 6) is -0.647. The Labute approximate surface area is 188 Å². The molecule has 0 bridgehead atoms. The SMILES string of the molecule is CN=NC(=N)c1c(-c2cccc3n[nH]nc23)ccc(S(=O)(=O)N[C@H](CN)CO)c1S(N)(=O)=O. The van der Waals surface area contributed by atoms with Crippen molar-refractivity contribution >= 4 is 36.9 Å². The summed E-state index contributed by atoms with van der Waals surface area (Å²) in [4.78, 5) is -1.60. The molecule has 3 aromatic rings. The van der Waals surface area contributed by atoms with E-state index in [1.807, 2.05) is 0 Å². The van der Waals surface area contributed by atoms with Crippen LogP contribution in [0.5, 0.6) is 0 Å². The smallest absolute Gasteiger partial charge is 0.242 e. The number of fused-ring (bicyclic) bond motifs is 1. The molecule has 0 saturated heterocycles. The fourth-order valence-corrected chi connectivity index (χ4v) is 6.04. The van der Waals surface area contributed by atoms with E-state index in [2.05, 4.69) is 30.4 Å². The number of aromatic nitrogens is 3. The summed E-state index contributed by atoms with van der Waals surface area (Å²) >= 11 is 0. The lowest BCUT2D eigenvalue weighted by Gasteiger charge is -2.19. The van der Waals surface area contributed by atoms with E-state index in [0.717, 1.165) is 6.07 Å². The number of H-pyrrole nitrogens is 1. The number of hydrogen-bond donors (Lipinski definition) is 6. The number of aliphatic hydroxyl groups is 1. The number of primary sulfonamides is 1. The number of hydrogen-bond acceptors (Lipinski definition) is 10. The number of nitrogens with one attached hydrogen (secondary N) is 3. The van der Waals surface area contributed by atoms with Gasteiger partial charge in [0.1, 0.15) is 20.8 Å². The zero-order valence-corrected chi connectivity index (χ0v) is 18.9. The molecule has 1 atom stereocenters. The average Bonchev–Trinajstić information content (AvgIpc) is 3.25. The van der Waals surface area contributed by atoms with Gasteiger partial charge >= 0.3 is 0 Å². The second kappa shape index (κ2) is 9.38. The molecule has 0 aliphatic heterocycles. The van der Waals surface area contributed by atoms with E-state index >= 15 is 0 Å². The first-order valence-electron chi connectivity index (χ1n) is 9.26. The molecule has 3 rings (SSSR count). The lowest BCUT2D eigenvalue weighted by Crippen LogP contribution is -2.43. The molecular weight excluding hydrogens is 474 g/mol. The van der Waals surface area contributed by atoms with E-state index < -0.39 is 53.9 Å². The molecule has 0 saturated carbocycles. The molecule has 1 heterocycles. The predicted molar refractivity (Wildman–Crippen MR) is 119 cm³/mol. The Bertz CT molecular complexity index is 1440. The zero-order valence-electron chi connectivity index (χ0n) is 17.2. The Morgan fingerprint density at radius 2 is 1.94 bits per heavy atom. The summed E-state index contributed by atoms with van der Waals surface area (Å²) in [6.07, 6.45) is 0. The van der Waals surface area contributed by atoms with Gasteiger partial charge in [0.15, 0.2) is 5.84 Å². The fraction of sp³-hybridized carbons (Fsp3) is 0.235. The minimum atomic E-state index is -4.73. The number of benzene rings is 2. The Balaban J connectivity index is 2.44. The topological polar surface area (TPSA) is 243 Å². The fourth-order valence-electron chi connectivity index (χ4n) is 3.20. The molecule has 1 aromatic heterocycles. The zero-order chi connectivity index (χ0) is 24.4. The lowest BCUT2D eigenvalue weighted by molar-refractivity contribution is 0.259. The quantitative estimate of drug-likeness (QED) is 0.132. The van der Waals surface area contributed by atoms with E-state index in [0.29, 0.717) is 16.6 Å². The van der Waals surface area contributed by atoms with Gasteiger partial charge in [0.25, 0.3) is 0 Å².